The Balaban J connectivity index is 1.39. The van der Waals surface area contributed by atoms with Crippen LogP contribution in [0.4, 0.5) is 5.13 Å². The molecule has 1 amide bonds. The number of nitrogens with one attached hydrogen (secondary N) is 2. The summed E-state index contributed by atoms with van der Waals surface area (Å²) in [5.41, 5.74) is 1.10. The molecule has 0 bridgehead atoms. The second-order valence-corrected chi connectivity index (χ2v) is 7.04. The van der Waals surface area contributed by atoms with Crippen molar-refractivity contribution < 1.29 is 4.79 Å². The number of nitrogens with zero attached hydrogens (tertiary/aromatic N) is 2. The van der Waals surface area contributed by atoms with Crippen molar-refractivity contribution in [3.05, 3.63) is 35.9 Å². The molecule has 2 N–H and O–H groups in total. The summed E-state index contributed by atoms with van der Waals surface area (Å²) in [6.45, 7) is 0.560. The minimum Gasteiger partial charge on any atom is -0.357 e. The number of aromatic nitrogens is 2. The fraction of sp³-hybridized carbons (Fsp3) is 0.357. The molecule has 1 fully saturated rings. The number of thioether (sulfide) groups is 1. The molecule has 1 aliphatic rings. The lowest BCUT2D eigenvalue weighted by atomic mass is 10.2. The molecular formula is C14H16N4OS2. The molecule has 0 radical (unpaired) electrons. The Morgan fingerprint density at radius 2 is 2.10 bits per heavy atom. The molecule has 21 heavy (non-hydrogen) atoms. The van der Waals surface area contributed by atoms with E-state index in [0.29, 0.717) is 18.3 Å². The lowest BCUT2D eigenvalue weighted by molar-refractivity contribution is -0.118. The highest BCUT2D eigenvalue weighted by atomic mass is 32.2. The van der Waals surface area contributed by atoms with Crippen LogP contribution in [0.25, 0.3) is 0 Å². The molecule has 1 aromatic heterocycles. The van der Waals surface area contributed by atoms with Crippen molar-refractivity contribution in [2.24, 2.45) is 0 Å². The Kier molecular flexibility index (Phi) is 4.72. The van der Waals surface area contributed by atoms with Crippen LogP contribution in [0.1, 0.15) is 18.4 Å². The molecule has 1 heterocycles. The zero-order chi connectivity index (χ0) is 14.5. The van der Waals surface area contributed by atoms with Gasteiger partial charge < -0.3 is 10.6 Å². The highest BCUT2D eigenvalue weighted by Crippen LogP contribution is 2.29. The van der Waals surface area contributed by atoms with Crippen molar-refractivity contribution in [3.63, 3.8) is 0 Å². The molecule has 110 valence electrons. The second kappa shape index (κ2) is 6.91. The number of hydrogen-bond donors (Lipinski definition) is 2. The van der Waals surface area contributed by atoms with E-state index in [1.54, 1.807) is 0 Å². The number of carbonyl (C=O) groups excluding carboxylic acids is 1. The maximum absolute atomic E-state index is 11.8. The SMILES string of the molecule is O=C(CSc1nnc(NC2CC2)s1)NCc1ccccc1. The first-order chi connectivity index (χ1) is 10.3. The minimum absolute atomic E-state index is 0.00996. The molecule has 0 atom stereocenters. The van der Waals surface area contributed by atoms with Crippen molar-refractivity contribution in [2.45, 2.75) is 29.8 Å². The number of carbonyl (C=O) groups is 1. The van der Waals surface area contributed by atoms with Crippen LogP contribution >= 0.6 is 23.1 Å². The highest BCUT2D eigenvalue weighted by Gasteiger charge is 2.22. The summed E-state index contributed by atoms with van der Waals surface area (Å²) in [5, 5.41) is 15.2. The van der Waals surface area contributed by atoms with Gasteiger partial charge in [-0.2, -0.15) is 0 Å². The Morgan fingerprint density at radius 3 is 2.86 bits per heavy atom. The molecule has 7 heteroatoms. The average Bonchev–Trinajstić information content (AvgIpc) is 3.21. The molecular weight excluding hydrogens is 304 g/mol. The van der Waals surface area contributed by atoms with Crippen LogP contribution in [0.5, 0.6) is 0 Å². The molecule has 1 saturated carbocycles. The van der Waals surface area contributed by atoms with Crippen molar-refractivity contribution in [3.8, 4) is 0 Å². The van der Waals surface area contributed by atoms with Gasteiger partial charge in [0.1, 0.15) is 0 Å². The van der Waals surface area contributed by atoms with Gasteiger partial charge in [-0.05, 0) is 18.4 Å². The maximum atomic E-state index is 11.8. The summed E-state index contributed by atoms with van der Waals surface area (Å²) in [6.07, 6.45) is 2.42. The Labute approximate surface area is 131 Å². The van der Waals surface area contributed by atoms with Gasteiger partial charge in [-0.1, -0.05) is 53.4 Å². The molecule has 2 aromatic rings. The van der Waals surface area contributed by atoms with Crippen LogP contribution < -0.4 is 10.6 Å². The van der Waals surface area contributed by atoms with Gasteiger partial charge in [0.15, 0.2) is 4.34 Å². The summed E-state index contributed by atoms with van der Waals surface area (Å²) < 4.78 is 0.827. The average molecular weight is 320 g/mol. The van der Waals surface area contributed by atoms with E-state index in [-0.39, 0.29) is 5.91 Å². The van der Waals surface area contributed by atoms with Crippen molar-refractivity contribution in [1.29, 1.82) is 0 Å². The quantitative estimate of drug-likeness (QED) is 0.767. The van der Waals surface area contributed by atoms with Gasteiger partial charge in [-0.15, -0.1) is 10.2 Å². The smallest absolute Gasteiger partial charge is 0.230 e. The Bertz CT molecular complexity index is 598. The van der Waals surface area contributed by atoms with E-state index >= 15 is 0 Å². The van der Waals surface area contributed by atoms with Crippen LogP contribution in [0.2, 0.25) is 0 Å². The van der Waals surface area contributed by atoms with Crippen LogP contribution in [0.3, 0.4) is 0 Å². The van der Waals surface area contributed by atoms with E-state index in [1.807, 2.05) is 30.3 Å². The van der Waals surface area contributed by atoms with E-state index in [1.165, 1.54) is 35.9 Å². The summed E-state index contributed by atoms with van der Waals surface area (Å²) in [5.74, 6) is 0.376. The van der Waals surface area contributed by atoms with Gasteiger partial charge in [-0.3, -0.25) is 4.79 Å². The third-order valence-electron chi connectivity index (χ3n) is 2.97. The summed E-state index contributed by atoms with van der Waals surface area (Å²) in [4.78, 5) is 11.8. The van der Waals surface area contributed by atoms with Gasteiger partial charge in [0.2, 0.25) is 11.0 Å². The van der Waals surface area contributed by atoms with Crippen LogP contribution in [-0.2, 0) is 11.3 Å². The molecule has 0 aliphatic heterocycles. The lowest BCUT2D eigenvalue weighted by Gasteiger charge is -2.03. The molecule has 1 aliphatic carbocycles. The highest BCUT2D eigenvalue weighted by molar-refractivity contribution is 8.01. The van der Waals surface area contributed by atoms with E-state index < -0.39 is 0 Å². The number of anilines is 1. The summed E-state index contributed by atoms with van der Waals surface area (Å²) in [7, 11) is 0. The second-order valence-electron chi connectivity index (χ2n) is 4.84. The number of rotatable bonds is 7. The normalized spacial score (nSPS) is 13.9. The van der Waals surface area contributed by atoms with E-state index in [0.717, 1.165) is 15.0 Å². The zero-order valence-electron chi connectivity index (χ0n) is 11.4. The molecule has 0 spiro atoms. The van der Waals surface area contributed by atoms with Gasteiger partial charge in [0, 0.05) is 12.6 Å². The fourth-order valence-electron chi connectivity index (χ4n) is 1.70. The monoisotopic (exact) mass is 320 g/mol. The first kappa shape index (κ1) is 14.3. The van der Waals surface area contributed by atoms with Gasteiger partial charge >= 0.3 is 0 Å². The first-order valence-corrected chi connectivity index (χ1v) is 8.63. The largest absolute Gasteiger partial charge is 0.357 e. The van der Waals surface area contributed by atoms with E-state index in [2.05, 4.69) is 20.8 Å². The molecule has 0 saturated heterocycles. The van der Waals surface area contributed by atoms with E-state index in [4.69, 9.17) is 0 Å². The third-order valence-corrected chi connectivity index (χ3v) is 4.96. The minimum atomic E-state index is 0.00996. The van der Waals surface area contributed by atoms with Crippen LogP contribution in [-0.4, -0.2) is 27.9 Å². The number of benzene rings is 1. The lowest BCUT2D eigenvalue weighted by Crippen LogP contribution is -2.24. The molecule has 5 nitrogen and oxygen atoms in total. The first-order valence-electron chi connectivity index (χ1n) is 6.83. The van der Waals surface area contributed by atoms with Crippen molar-refractivity contribution in [1.82, 2.24) is 15.5 Å². The van der Waals surface area contributed by atoms with E-state index in [9.17, 15) is 4.79 Å². The topological polar surface area (TPSA) is 66.9 Å². The Hall–Kier alpha value is -1.60. The summed E-state index contributed by atoms with van der Waals surface area (Å²) in [6, 6.07) is 10.5. The summed E-state index contributed by atoms with van der Waals surface area (Å²) >= 11 is 2.93. The predicted octanol–water partition coefficient (Wildman–Crippen LogP) is 2.52. The van der Waals surface area contributed by atoms with Crippen LogP contribution in [0.15, 0.2) is 34.7 Å². The molecule has 0 unspecified atom stereocenters. The maximum Gasteiger partial charge on any atom is 0.230 e. The zero-order valence-corrected chi connectivity index (χ0v) is 13.0. The van der Waals surface area contributed by atoms with Crippen LogP contribution in [0, 0.1) is 0 Å². The van der Waals surface area contributed by atoms with Gasteiger partial charge in [-0.25, -0.2) is 0 Å². The predicted molar refractivity (Wildman–Crippen MR) is 85.6 cm³/mol. The fourth-order valence-corrected chi connectivity index (χ4v) is 3.36. The van der Waals surface area contributed by atoms with Crippen molar-refractivity contribution >= 4 is 34.1 Å². The molecule has 1 aromatic carbocycles. The standard InChI is InChI=1S/C14H16N4OS2/c19-12(15-8-10-4-2-1-3-5-10)9-20-14-18-17-13(21-14)16-11-6-7-11/h1-5,11H,6-9H2,(H,15,19)(H,16,17). The Morgan fingerprint density at radius 1 is 1.29 bits per heavy atom. The number of amides is 1. The van der Waals surface area contributed by atoms with Gasteiger partial charge in [0.25, 0.3) is 0 Å². The van der Waals surface area contributed by atoms with Crippen molar-refractivity contribution in [2.75, 3.05) is 11.1 Å². The molecule has 3 rings (SSSR count). The number of hydrogen-bond acceptors (Lipinski definition) is 6. The third kappa shape index (κ3) is 4.71. The van der Waals surface area contributed by atoms with Gasteiger partial charge in [0.05, 0.1) is 5.75 Å².